The van der Waals surface area contributed by atoms with Gasteiger partial charge in [0.1, 0.15) is 11.5 Å². The van der Waals surface area contributed by atoms with Crippen molar-refractivity contribution in [3.05, 3.63) is 29.3 Å². The molecule has 5 heteroatoms. The second-order valence-electron chi connectivity index (χ2n) is 3.80. The van der Waals surface area contributed by atoms with Crippen LogP contribution in [0.5, 0.6) is 0 Å². The third-order valence-corrected chi connectivity index (χ3v) is 2.72. The largest absolute Gasteiger partial charge is 0.468 e. The minimum Gasteiger partial charge on any atom is -0.468 e. The predicted molar refractivity (Wildman–Crippen MR) is 72.4 cm³/mol. The molecule has 0 aliphatic rings. The van der Waals surface area contributed by atoms with Crippen molar-refractivity contribution >= 4 is 28.9 Å². The van der Waals surface area contributed by atoms with Crippen LogP contribution in [0.1, 0.15) is 11.1 Å². The molecule has 0 radical (unpaired) electrons. The maximum absolute atomic E-state index is 11.2. The van der Waals surface area contributed by atoms with Crippen LogP contribution in [0.3, 0.4) is 0 Å². The van der Waals surface area contributed by atoms with Gasteiger partial charge in [-0.2, -0.15) is 0 Å². The quantitative estimate of drug-likeness (QED) is 0.645. The van der Waals surface area contributed by atoms with Gasteiger partial charge in [0.05, 0.1) is 7.11 Å². The molecule has 4 nitrogen and oxygen atoms in total. The van der Waals surface area contributed by atoms with E-state index < -0.39 is 0 Å². The number of rotatable bonds is 4. The van der Waals surface area contributed by atoms with E-state index in [0.717, 1.165) is 16.8 Å². The summed E-state index contributed by atoms with van der Waals surface area (Å²) in [4.78, 5) is 13.4. The lowest BCUT2D eigenvalue weighted by Crippen LogP contribution is -2.27. The fourth-order valence-electron chi connectivity index (χ4n) is 1.58. The highest BCUT2D eigenvalue weighted by atomic mass is 32.1. The Bertz CT molecular complexity index is 446. The van der Waals surface area contributed by atoms with Gasteiger partial charge in [0.25, 0.3) is 0 Å². The van der Waals surface area contributed by atoms with Crippen molar-refractivity contribution in [1.82, 2.24) is 0 Å². The summed E-state index contributed by atoms with van der Waals surface area (Å²) < 4.78 is 4.62. The molecule has 0 saturated heterocycles. The third kappa shape index (κ3) is 3.42. The Morgan fingerprint density at radius 1 is 1.53 bits per heavy atom. The van der Waals surface area contributed by atoms with E-state index in [0.29, 0.717) is 4.99 Å². The lowest BCUT2D eigenvalue weighted by molar-refractivity contribution is -0.138. The third-order valence-electron chi connectivity index (χ3n) is 2.49. The highest BCUT2D eigenvalue weighted by Gasteiger charge is 2.10. The molecule has 1 aromatic rings. The maximum atomic E-state index is 11.2. The van der Waals surface area contributed by atoms with E-state index >= 15 is 0 Å². The van der Waals surface area contributed by atoms with Crippen LogP contribution in [0.4, 0.5) is 5.69 Å². The Labute approximate surface area is 106 Å². The summed E-state index contributed by atoms with van der Waals surface area (Å²) in [5, 5.41) is 0. The molecule has 1 aromatic carbocycles. The van der Waals surface area contributed by atoms with Crippen LogP contribution in [0, 0.1) is 6.92 Å². The molecule has 0 fully saturated rings. The fourth-order valence-corrected chi connectivity index (χ4v) is 1.71. The molecular weight excluding hydrogens is 236 g/mol. The van der Waals surface area contributed by atoms with Crippen LogP contribution >= 0.6 is 12.2 Å². The first kappa shape index (κ1) is 13.4. The zero-order valence-corrected chi connectivity index (χ0v) is 11.0. The van der Waals surface area contributed by atoms with Gasteiger partial charge < -0.3 is 15.4 Å². The molecule has 0 saturated carbocycles. The molecule has 92 valence electrons. The van der Waals surface area contributed by atoms with E-state index in [9.17, 15) is 4.79 Å². The van der Waals surface area contributed by atoms with Crippen molar-refractivity contribution in [3.63, 3.8) is 0 Å². The standard InChI is InChI=1S/C12H16N2O2S/c1-8-6-9(12(13)17)4-5-10(8)14(2)7-11(15)16-3/h4-6H,7H2,1-3H3,(H2,13,17). The lowest BCUT2D eigenvalue weighted by atomic mass is 10.1. The van der Waals surface area contributed by atoms with Crippen molar-refractivity contribution in [1.29, 1.82) is 0 Å². The van der Waals surface area contributed by atoms with Gasteiger partial charge in [-0.25, -0.2) is 0 Å². The minimum atomic E-state index is -0.273. The number of ether oxygens (including phenoxy) is 1. The molecule has 0 spiro atoms. The van der Waals surface area contributed by atoms with Crippen molar-refractivity contribution in [2.45, 2.75) is 6.92 Å². The molecule has 2 N–H and O–H groups in total. The van der Waals surface area contributed by atoms with Crippen LogP contribution < -0.4 is 10.6 Å². The average molecular weight is 252 g/mol. The lowest BCUT2D eigenvalue weighted by Gasteiger charge is -2.20. The van der Waals surface area contributed by atoms with Crippen molar-refractivity contribution < 1.29 is 9.53 Å². The molecule has 0 unspecified atom stereocenters. The highest BCUT2D eigenvalue weighted by Crippen LogP contribution is 2.20. The molecule has 0 aromatic heterocycles. The zero-order valence-electron chi connectivity index (χ0n) is 10.2. The molecule has 0 bridgehead atoms. The van der Waals surface area contributed by atoms with Crippen molar-refractivity contribution in [2.24, 2.45) is 5.73 Å². The van der Waals surface area contributed by atoms with Gasteiger partial charge in [0.2, 0.25) is 0 Å². The first-order valence-electron chi connectivity index (χ1n) is 5.14. The molecule has 0 amide bonds. The summed E-state index contributed by atoms with van der Waals surface area (Å²) in [6.45, 7) is 2.16. The molecular formula is C12H16N2O2S. The molecule has 0 heterocycles. The van der Waals surface area contributed by atoms with E-state index in [1.165, 1.54) is 7.11 Å². The second kappa shape index (κ2) is 5.63. The number of carbonyl (C=O) groups is 1. The number of methoxy groups -OCH3 is 1. The summed E-state index contributed by atoms with van der Waals surface area (Å²) in [5.74, 6) is -0.273. The van der Waals surface area contributed by atoms with Gasteiger partial charge in [-0.3, -0.25) is 4.79 Å². The average Bonchev–Trinajstić information content (AvgIpc) is 2.28. The van der Waals surface area contributed by atoms with Crippen LogP contribution in [-0.2, 0) is 9.53 Å². The maximum Gasteiger partial charge on any atom is 0.325 e. The first-order valence-corrected chi connectivity index (χ1v) is 5.55. The Hall–Kier alpha value is -1.62. The monoisotopic (exact) mass is 252 g/mol. The second-order valence-corrected chi connectivity index (χ2v) is 4.24. The van der Waals surface area contributed by atoms with Crippen LogP contribution in [0.15, 0.2) is 18.2 Å². The molecule has 17 heavy (non-hydrogen) atoms. The normalized spacial score (nSPS) is 9.82. The Morgan fingerprint density at radius 2 is 2.18 bits per heavy atom. The van der Waals surface area contributed by atoms with Gasteiger partial charge in [-0.1, -0.05) is 12.2 Å². The highest BCUT2D eigenvalue weighted by molar-refractivity contribution is 7.80. The number of nitrogens with zero attached hydrogens (tertiary/aromatic N) is 1. The fraction of sp³-hybridized carbons (Fsp3) is 0.333. The molecule has 0 aliphatic heterocycles. The summed E-state index contributed by atoms with van der Waals surface area (Å²) in [6, 6.07) is 5.65. The number of benzene rings is 1. The number of anilines is 1. The first-order chi connectivity index (χ1) is 7.95. The summed E-state index contributed by atoms with van der Waals surface area (Å²) in [7, 11) is 3.21. The SMILES string of the molecule is COC(=O)CN(C)c1ccc(C(N)=S)cc1C. The van der Waals surface area contributed by atoms with Gasteiger partial charge in [-0.05, 0) is 30.7 Å². The number of likely N-dealkylation sites (N-methyl/N-ethyl adjacent to an activating group) is 1. The minimum absolute atomic E-state index is 0.212. The zero-order chi connectivity index (χ0) is 13.0. The van der Waals surface area contributed by atoms with Gasteiger partial charge in [0, 0.05) is 18.3 Å². The van der Waals surface area contributed by atoms with Crippen molar-refractivity contribution in [3.8, 4) is 0 Å². The van der Waals surface area contributed by atoms with Crippen LogP contribution in [0.2, 0.25) is 0 Å². The summed E-state index contributed by atoms with van der Waals surface area (Å²) >= 11 is 4.91. The predicted octanol–water partition coefficient (Wildman–Crippen LogP) is 1.24. The number of esters is 1. The topological polar surface area (TPSA) is 55.6 Å². The van der Waals surface area contributed by atoms with E-state index in [1.54, 1.807) is 0 Å². The Morgan fingerprint density at radius 3 is 2.65 bits per heavy atom. The molecule has 1 rings (SSSR count). The number of thiocarbonyl (C=S) groups is 1. The number of aryl methyl sites for hydroxylation is 1. The van der Waals surface area contributed by atoms with E-state index in [1.807, 2.05) is 37.1 Å². The Kier molecular flexibility index (Phi) is 4.45. The number of nitrogens with two attached hydrogens (primary N) is 1. The van der Waals surface area contributed by atoms with Gasteiger partial charge in [0.15, 0.2) is 0 Å². The smallest absolute Gasteiger partial charge is 0.325 e. The van der Waals surface area contributed by atoms with Crippen LogP contribution in [0.25, 0.3) is 0 Å². The number of hydrogen-bond acceptors (Lipinski definition) is 4. The molecule has 0 atom stereocenters. The van der Waals surface area contributed by atoms with Gasteiger partial charge >= 0.3 is 5.97 Å². The Balaban J connectivity index is 2.92. The number of carbonyl (C=O) groups excluding carboxylic acids is 1. The van der Waals surface area contributed by atoms with Gasteiger partial charge in [-0.15, -0.1) is 0 Å². The van der Waals surface area contributed by atoms with E-state index in [4.69, 9.17) is 18.0 Å². The summed E-state index contributed by atoms with van der Waals surface area (Å²) in [5.41, 5.74) is 8.35. The van der Waals surface area contributed by atoms with Crippen molar-refractivity contribution in [2.75, 3.05) is 25.6 Å². The van der Waals surface area contributed by atoms with Crippen LogP contribution in [-0.4, -0.2) is 31.7 Å². The van der Waals surface area contributed by atoms with E-state index in [2.05, 4.69) is 4.74 Å². The number of hydrogen-bond donors (Lipinski definition) is 1. The van der Waals surface area contributed by atoms with E-state index in [-0.39, 0.29) is 12.5 Å². The molecule has 0 aliphatic carbocycles. The summed E-state index contributed by atoms with van der Waals surface area (Å²) in [6.07, 6.45) is 0.